The number of benzene rings is 2. The van der Waals surface area contributed by atoms with Crippen LogP contribution >= 0.6 is 12.4 Å². The number of hydrogen-bond donors (Lipinski definition) is 2. The molecule has 2 aromatic carbocycles. The van der Waals surface area contributed by atoms with Crippen LogP contribution in [0.2, 0.25) is 0 Å². The summed E-state index contributed by atoms with van der Waals surface area (Å²) in [5.74, 6) is -0.376. The second-order valence-corrected chi connectivity index (χ2v) is 4.48. The van der Waals surface area contributed by atoms with E-state index in [2.05, 4.69) is 17.4 Å². The van der Waals surface area contributed by atoms with E-state index in [1.807, 2.05) is 36.4 Å². The minimum Gasteiger partial charge on any atom is -0.366 e. The Bertz CT molecular complexity index is 543. The number of nitrogens with one attached hydrogen (secondary N) is 1. The van der Waals surface area contributed by atoms with Gasteiger partial charge in [0.25, 0.3) is 0 Å². The second-order valence-electron chi connectivity index (χ2n) is 4.48. The fourth-order valence-electron chi connectivity index (χ4n) is 1.94. The average Bonchev–Trinajstić information content (AvgIpc) is 2.45. The molecule has 0 aliphatic heterocycles. The molecule has 0 saturated heterocycles. The van der Waals surface area contributed by atoms with Crippen molar-refractivity contribution in [1.29, 1.82) is 0 Å². The van der Waals surface area contributed by atoms with Gasteiger partial charge in [0.2, 0.25) is 5.91 Å². The molecule has 1 amide bonds. The standard InChI is InChI=1S/C16H18N2O.ClH/c17-16(19)15-8-4-7-13(11-15)9-10-18-12-14-5-2-1-3-6-14;/h1-8,11,18H,9-10,12H2,(H2,17,19);1H. The van der Waals surface area contributed by atoms with E-state index in [0.717, 1.165) is 25.1 Å². The number of carbonyl (C=O) groups excluding carboxylic acids is 1. The molecule has 0 heterocycles. The fraction of sp³-hybridized carbons (Fsp3) is 0.188. The van der Waals surface area contributed by atoms with Crippen LogP contribution in [-0.2, 0) is 13.0 Å². The van der Waals surface area contributed by atoms with Crippen molar-refractivity contribution in [2.75, 3.05) is 6.54 Å². The quantitative estimate of drug-likeness (QED) is 0.803. The summed E-state index contributed by atoms with van der Waals surface area (Å²) in [5, 5.41) is 3.38. The number of nitrogens with two attached hydrogens (primary N) is 1. The highest BCUT2D eigenvalue weighted by molar-refractivity contribution is 5.92. The molecule has 2 rings (SSSR count). The Morgan fingerprint density at radius 1 is 1.00 bits per heavy atom. The van der Waals surface area contributed by atoms with Crippen molar-refractivity contribution < 1.29 is 4.79 Å². The second kappa shape index (κ2) is 8.35. The van der Waals surface area contributed by atoms with Crippen LogP contribution in [0.5, 0.6) is 0 Å². The first-order valence-electron chi connectivity index (χ1n) is 6.39. The van der Waals surface area contributed by atoms with Crippen LogP contribution in [-0.4, -0.2) is 12.5 Å². The van der Waals surface area contributed by atoms with E-state index in [0.29, 0.717) is 5.56 Å². The molecule has 3 N–H and O–H groups in total. The maximum absolute atomic E-state index is 11.1. The highest BCUT2D eigenvalue weighted by Crippen LogP contribution is 2.05. The van der Waals surface area contributed by atoms with Crippen molar-refractivity contribution in [1.82, 2.24) is 5.32 Å². The van der Waals surface area contributed by atoms with Gasteiger partial charge in [0.05, 0.1) is 0 Å². The molecule has 2 aromatic rings. The summed E-state index contributed by atoms with van der Waals surface area (Å²) in [6.45, 7) is 1.73. The first kappa shape index (κ1) is 16.2. The maximum Gasteiger partial charge on any atom is 0.248 e. The maximum atomic E-state index is 11.1. The number of rotatable bonds is 6. The van der Waals surface area contributed by atoms with Crippen molar-refractivity contribution in [3.8, 4) is 0 Å². The predicted octanol–water partition coefficient (Wildman–Crippen LogP) is 2.54. The average molecular weight is 291 g/mol. The van der Waals surface area contributed by atoms with E-state index in [9.17, 15) is 4.79 Å². The molecule has 0 bridgehead atoms. The lowest BCUT2D eigenvalue weighted by Crippen LogP contribution is -2.17. The van der Waals surface area contributed by atoms with E-state index in [4.69, 9.17) is 5.73 Å². The van der Waals surface area contributed by atoms with Crippen LogP contribution in [0.15, 0.2) is 54.6 Å². The number of halogens is 1. The van der Waals surface area contributed by atoms with Crippen LogP contribution in [0.25, 0.3) is 0 Å². The summed E-state index contributed by atoms with van der Waals surface area (Å²) in [6, 6.07) is 17.7. The summed E-state index contributed by atoms with van der Waals surface area (Å²) in [4.78, 5) is 11.1. The summed E-state index contributed by atoms with van der Waals surface area (Å²) in [6.07, 6.45) is 0.883. The molecule has 20 heavy (non-hydrogen) atoms. The van der Waals surface area contributed by atoms with Gasteiger partial charge in [-0.3, -0.25) is 4.79 Å². The third kappa shape index (κ3) is 5.03. The zero-order valence-corrected chi connectivity index (χ0v) is 12.0. The van der Waals surface area contributed by atoms with Crippen LogP contribution in [0.3, 0.4) is 0 Å². The van der Waals surface area contributed by atoms with Crippen molar-refractivity contribution in [3.63, 3.8) is 0 Å². The molecular formula is C16H19ClN2O. The molecule has 106 valence electrons. The fourth-order valence-corrected chi connectivity index (χ4v) is 1.94. The van der Waals surface area contributed by atoms with Gasteiger partial charge in [0.1, 0.15) is 0 Å². The third-order valence-electron chi connectivity index (χ3n) is 2.97. The van der Waals surface area contributed by atoms with E-state index in [-0.39, 0.29) is 18.3 Å². The first-order chi connectivity index (χ1) is 9.25. The van der Waals surface area contributed by atoms with Gasteiger partial charge in [0.15, 0.2) is 0 Å². The minimum atomic E-state index is -0.376. The van der Waals surface area contributed by atoms with E-state index < -0.39 is 0 Å². The highest BCUT2D eigenvalue weighted by atomic mass is 35.5. The topological polar surface area (TPSA) is 55.1 Å². The lowest BCUT2D eigenvalue weighted by atomic mass is 10.1. The lowest BCUT2D eigenvalue weighted by molar-refractivity contribution is 0.1000. The first-order valence-corrected chi connectivity index (χ1v) is 6.39. The van der Waals surface area contributed by atoms with E-state index in [1.54, 1.807) is 6.07 Å². The molecule has 0 radical (unpaired) electrons. The van der Waals surface area contributed by atoms with Gasteiger partial charge in [-0.05, 0) is 36.2 Å². The molecule has 0 spiro atoms. The minimum absolute atomic E-state index is 0. The van der Waals surface area contributed by atoms with E-state index in [1.165, 1.54) is 5.56 Å². The number of amides is 1. The molecular weight excluding hydrogens is 272 g/mol. The largest absolute Gasteiger partial charge is 0.366 e. The van der Waals surface area contributed by atoms with Gasteiger partial charge in [-0.1, -0.05) is 42.5 Å². The Morgan fingerprint density at radius 2 is 1.70 bits per heavy atom. The zero-order valence-electron chi connectivity index (χ0n) is 11.2. The Morgan fingerprint density at radius 3 is 2.40 bits per heavy atom. The van der Waals surface area contributed by atoms with Crippen molar-refractivity contribution in [2.24, 2.45) is 5.73 Å². The highest BCUT2D eigenvalue weighted by Gasteiger charge is 2.01. The zero-order chi connectivity index (χ0) is 13.5. The van der Waals surface area contributed by atoms with Gasteiger partial charge >= 0.3 is 0 Å². The van der Waals surface area contributed by atoms with Crippen LogP contribution in [0, 0.1) is 0 Å². The normalized spacial score (nSPS) is 9.80. The molecule has 0 fully saturated rings. The molecule has 0 saturated carbocycles. The van der Waals surface area contributed by atoms with Crippen LogP contribution in [0.4, 0.5) is 0 Å². The van der Waals surface area contributed by atoms with Crippen LogP contribution < -0.4 is 11.1 Å². The predicted molar refractivity (Wildman–Crippen MR) is 84.1 cm³/mol. The third-order valence-corrected chi connectivity index (χ3v) is 2.97. The molecule has 3 nitrogen and oxygen atoms in total. The van der Waals surface area contributed by atoms with Gasteiger partial charge in [-0.15, -0.1) is 12.4 Å². The number of primary amides is 1. The SMILES string of the molecule is Cl.NC(=O)c1cccc(CCNCc2ccccc2)c1. The van der Waals surface area contributed by atoms with Gasteiger partial charge in [-0.25, -0.2) is 0 Å². The smallest absolute Gasteiger partial charge is 0.248 e. The van der Waals surface area contributed by atoms with Crippen LogP contribution in [0.1, 0.15) is 21.5 Å². The number of carbonyl (C=O) groups is 1. The Balaban J connectivity index is 0.00000200. The molecule has 0 aromatic heterocycles. The summed E-state index contributed by atoms with van der Waals surface area (Å²) >= 11 is 0. The lowest BCUT2D eigenvalue weighted by Gasteiger charge is -2.06. The van der Waals surface area contributed by atoms with E-state index >= 15 is 0 Å². The molecule has 0 aliphatic carbocycles. The molecule has 0 unspecified atom stereocenters. The summed E-state index contributed by atoms with van der Waals surface area (Å²) < 4.78 is 0. The Kier molecular flexibility index (Phi) is 6.77. The Hall–Kier alpha value is -1.84. The van der Waals surface area contributed by atoms with Gasteiger partial charge < -0.3 is 11.1 Å². The molecule has 4 heteroatoms. The van der Waals surface area contributed by atoms with Crippen molar-refractivity contribution >= 4 is 18.3 Å². The Labute approximate surface area is 125 Å². The summed E-state index contributed by atoms with van der Waals surface area (Å²) in [7, 11) is 0. The van der Waals surface area contributed by atoms with Crippen molar-refractivity contribution in [2.45, 2.75) is 13.0 Å². The van der Waals surface area contributed by atoms with Crippen molar-refractivity contribution in [3.05, 3.63) is 71.3 Å². The van der Waals surface area contributed by atoms with Gasteiger partial charge in [-0.2, -0.15) is 0 Å². The molecule has 0 aliphatic rings. The number of hydrogen-bond acceptors (Lipinski definition) is 2. The van der Waals surface area contributed by atoms with Gasteiger partial charge in [0, 0.05) is 12.1 Å². The molecule has 0 atom stereocenters. The summed E-state index contributed by atoms with van der Waals surface area (Å²) in [5.41, 5.74) is 8.22. The monoisotopic (exact) mass is 290 g/mol.